The summed E-state index contributed by atoms with van der Waals surface area (Å²) in [7, 11) is 0. The Hall–Kier alpha value is -1.68. The average Bonchev–Trinajstić information content (AvgIpc) is 3.11. The van der Waals surface area contributed by atoms with E-state index in [1.54, 1.807) is 18.3 Å². The van der Waals surface area contributed by atoms with Crippen molar-refractivity contribution in [1.82, 2.24) is 9.88 Å². The van der Waals surface area contributed by atoms with Gasteiger partial charge in [-0.1, -0.05) is 0 Å². The summed E-state index contributed by atoms with van der Waals surface area (Å²) in [5, 5.41) is 12.5. The van der Waals surface area contributed by atoms with Crippen LogP contribution in [-0.4, -0.2) is 62.0 Å². The lowest BCUT2D eigenvalue weighted by molar-refractivity contribution is 0.00460. The Labute approximate surface area is 131 Å². The molecule has 2 atom stereocenters. The molecule has 2 saturated heterocycles. The van der Waals surface area contributed by atoms with E-state index in [1.807, 2.05) is 0 Å². The van der Waals surface area contributed by atoms with Gasteiger partial charge in [-0.15, -0.1) is 0 Å². The maximum Gasteiger partial charge on any atom is 0.143 e. The molecule has 6 nitrogen and oxygen atoms in total. The van der Waals surface area contributed by atoms with Crippen LogP contribution in [0.4, 0.5) is 5.82 Å². The first kappa shape index (κ1) is 15.2. The first-order chi connectivity index (χ1) is 10.9. The molecule has 1 aromatic rings. The summed E-state index contributed by atoms with van der Waals surface area (Å²) in [6, 6.07) is 6.15. The summed E-state index contributed by atoms with van der Waals surface area (Å²) in [4.78, 5) is 6.76. The molecule has 3 rings (SSSR count). The van der Waals surface area contributed by atoms with Crippen LogP contribution in [0.25, 0.3) is 0 Å². The highest BCUT2D eigenvalue weighted by molar-refractivity contribution is 5.51. The number of nitrogens with one attached hydrogen (secondary N) is 1. The molecule has 0 spiro atoms. The van der Waals surface area contributed by atoms with Crippen LogP contribution in [0.5, 0.6) is 0 Å². The molecular weight excluding hydrogens is 280 g/mol. The van der Waals surface area contributed by atoms with Gasteiger partial charge in [-0.05, 0) is 18.6 Å². The van der Waals surface area contributed by atoms with Gasteiger partial charge in [-0.25, -0.2) is 4.98 Å². The highest BCUT2D eigenvalue weighted by Crippen LogP contribution is 2.23. The van der Waals surface area contributed by atoms with Crippen molar-refractivity contribution >= 4 is 5.82 Å². The lowest BCUT2D eigenvalue weighted by Gasteiger charge is -2.37. The molecule has 0 aliphatic carbocycles. The molecule has 2 aliphatic rings. The van der Waals surface area contributed by atoms with Crippen molar-refractivity contribution in [3.05, 3.63) is 23.9 Å². The molecule has 0 amide bonds. The van der Waals surface area contributed by atoms with Crippen LogP contribution in [0.1, 0.15) is 12.0 Å². The predicted octanol–water partition coefficient (Wildman–Crippen LogP) is 1.10. The number of morpholine rings is 1. The van der Waals surface area contributed by atoms with E-state index in [0.717, 1.165) is 52.5 Å². The zero-order valence-electron chi connectivity index (χ0n) is 12.7. The fraction of sp³-hybridized carbons (Fsp3) is 0.625. The van der Waals surface area contributed by atoms with Crippen LogP contribution in [0.3, 0.4) is 0 Å². The van der Waals surface area contributed by atoms with Crippen molar-refractivity contribution < 1.29 is 9.47 Å². The van der Waals surface area contributed by atoms with Crippen molar-refractivity contribution in [3.63, 3.8) is 0 Å². The van der Waals surface area contributed by atoms with Crippen molar-refractivity contribution in [1.29, 1.82) is 5.26 Å². The van der Waals surface area contributed by atoms with Crippen LogP contribution in [0, 0.1) is 17.2 Å². The summed E-state index contributed by atoms with van der Waals surface area (Å²) in [5.74, 6) is 1.20. The molecule has 0 unspecified atom stereocenters. The second-order valence-electron chi connectivity index (χ2n) is 5.73. The largest absolute Gasteiger partial charge is 0.381 e. The van der Waals surface area contributed by atoms with E-state index in [4.69, 9.17) is 14.7 Å². The smallest absolute Gasteiger partial charge is 0.143 e. The number of hydrogen-bond donors (Lipinski definition) is 1. The fourth-order valence-electron chi connectivity index (χ4n) is 3.20. The van der Waals surface area contributed by atoms with E-state index < -0.39 is 0 Å². The Bertz CT molecular complexity index is 519. The molecule has 2 fully saturated rings. The molecule has 0 radical (unpaired) electrons. The van der Waals surface area contributed by atoms with Gasteiger partial charge < -0.3 is 14.8 Å². The molecule has 3 heterocycles. The van der Waals surface area contributed by atoms with E-state index in [2.05, 4.69) is 21.3 Å². The number of pyridine rings is 1. The van der Waals surface area contributed by atoms with E-state index in [1.165, 1.54) is 0 Å². The topological polar surface area (TPSA) is 70.4 Å². The van der Waals surface area contributed by atoms with Crippen LogP contribution in [0.15, 0.2) is 18.3 Å². The predicted molar refractivity (Wildman–Crippen MR) is 82.5 cm³/mol. The Morgan fingerprint density at radius 3 is 2.95 bits per heavy atom. The first-order valence-corrected chi connectivity index (χ1v) is 7.87. The summed E-state index contributed by atoms with van der Waals surface area (Å²) >= 11 is 0. The highest BCUT2D eigenvalue weighted by atomic mass is 16.5. The zero-order valence-corrected chi connectivity index (χ0v) is 12.7. The number of hydrogen-bond acceptors (Lipinski definition) is 6. The monoisotopic (exact) mass is 302 g/mol. The molecule has 0 aromatic carbocycles. The summed E-state index contributed by atoms with van der Waals surface area (Å²) in [6.45, 7) is 5.93. The molecule has 118 valence electrons. The lowest BCUT2D eigenvalue weighted by atomic mass is 9.97. The molecule has 0 bridgehead atoms. The van der Waals surface area contributed by atoms with Crippen LogP contribution in [0.2, 0.25) is 0 Å². The van der Waals surface area contributed by atoms with E-state index in [-0.39, 0.29) is 0 Å². The van der Waals surface area contributed by atoms with Gasteiger partial charge in [-0.2, -0.15) is 5.26 Å². The second-order valence-corrected chi connectivity index (χ2v) is 5.73. The minimum Gasteiger partial charge on any atom is -0.381 e. The van der Waals surface area contributed by atoms with Crippen LogP contribution >= 0.6 is 0 Å². The van der Waals surface area contributed by atoms with Gasteiger partial charge in [0.25, 0.3) is 0 Å². The Morgan fingerprint density at radius 2 is 2.23 bits per heavy atom. The third-order valence-electron chi connectivity index (χ3n) is 4.43. The minimum absolute atomic E-state index is 0.389. The van der Waals surface area contributed by atoms with Gasteiger partial charge in [0.15, 0.2) is 0 Å². The second kappa shape index (κ2) is 7.54. The normalized spacial score (nSPS) is 23.9. The molecule has 2 aliphatic heterocycles. The lowest BCUT2D eigenvalue weighted by Crippen LogP contribution is -2.50. The van der Waals surface area contributed by atoms with Crippen molar-refractivity contribution in [2.24, 2.45) is 5.92 Å². The molecule has 22 heavy (non-hydrogen) atoms. The maximum atomic E-state index is 9.17. The molecular formula is C16H22N4O2. The number of rotatable bonds is 5. The highest BCUT2D eigenvalue weighted by Gasteiger charge is 2.31. The quantitative estimate of drug-likeness (QED) is 0.878. The summed E-state index contributed by atoms with van der Waals surface area (Å²) in [6.07, 6.45) is 2.81. The van der Waals surface area contributed by atoms with Gasteiger partial charge in [0.05, 0.1) is 25.4 Å². The third-order valence-corrected chi connectivity index (χ3v) is 4.43. The number of aromatic nitrogens is 1. The minimum atomic E-state index is 0.389. The average molecular weight is 302 g/mol. The number of anilines is 1. The SMILES string of the molecule is N#Cc1cccnc1NC[C@@H]([C@@H]1CCOC1)N1CCOCC1. The van der Waals surface area contributed by atoms with Gasteiger partial charge in [-0.3, -0.25) is 4.90 Å². The standard InChI is InChI=1S/C16H22N4O2/c17-10-13-2-1-4-18-16(13)19-11-15(14-3-7-22-12-14)20-5-8-21-9-6-20/h1-2,4,14-15H,3,5-9,11-12H2,(H,18,19)/t14-,15+/m1/s1. The Kier molecular flexibility index (Phi) is 5.22. The maximum absolute atomic E-state index is 9.17. The van der Waals surface area contributed by atoms with E-state index >= 15 is 0 Å². The number of nitriles is 1. The molecule has 0 saturated carbocycles. The fourth-order valence-corrected chi connectivity index (χ4v) is 3.20. The summed E-state index contributed by atoms with van der Waals surface area (Å²) < 4.78 is 11.0. The van der Waals surface area contributed by atoms with Gasteiger partial charge in [0, 0.05) is 44.4 Å². The Morgan fingerprint density at radius 1 is 1.36 bits per heavy atom. The van der Waals surface area contributed by atoms with Crippen LogP contribution in [-0.2, 0) is 9.47 Å². The summed E-state index contributed by atoms with van der Waals surface area (Å²) in [5.41, 5.74) is 0.589. The molecule has 1 N–H and O–H groups in total. The van der Waals surface area contributed by atoms with Crippen molar-refractivity contribution in [2.75, 3.05) is 51.4 Å². The van der Waals surface area contributed by atoms with E-state index in [9.17, 15) is 0 Å². The van der Waals surface area contributed by atoms with Crippen LogP contribution < -0.4 is 5.32 Å². The van der Waals surface area contributed by atoms with Gasteiger partial charge >= 0.3 is 0 Å². The first-order valence-electron chi connectivity index (χ1n) is 7.87. The van der Waals surface area contributed by atoms with Crippen molar-refractivity contribution in [3.8, 4) is 6.07 Å². The van der Waals surface area contributed by atoms with Gasteiger partial charge in [0.2, 0.25) is 0 Å². The van der Waals surface area contributed by atoms with E-state index in [0.29, 0.717) is 23.3 Å². The third kappa shape index (κ3) is 3.55. The van der Waals surface area contributed by atoms with Gasteiger partial charge in [0.1, 0.15) is 11.9 Å². The molecule has 6 heteroatoms. The number of nitrogens with zero attached hydrogens (tertiary/aromatic N) is 3. The number of ether oxygens (including phenoxy) is 2. The van der Waals surface area contributed by atoms with Crippen molar-refractivity contribution in [2.45, 2.75) is 12.5 Å². The zero-order chi connectivity index (χ0) is 15.2. The molecule has 1 aromatic heterocycles. The Balaban J connectivity index is 1.68.